The Morgan fingerprint density at radius 2 is 1.89 bits per heavy atom. The summed E-state index contributed by atoms with van der Waals surface area (Å²) < 4.78 is 16.9. The van der Waals surface area contributed by atoms with Gasteiger partial charge in [0.05, 0.1) is 13.3 Å². The molecule has 28 heavy (non-hydrogen) atoms. The highest BCUT2D eigenvalue weighted by Gasteiger charge is 2.28. The van der Waals surface area contributed by atoms with Crippen molar-refractivity contribution in [3.05, 3.63) is 36.5 Å². The quantitative estimate of drug-likeness (QED) is 0.794. The van der Waals surface area contributed by atoms with E-state index in [4.69, 9.17) is 14.2 Å². The Hall–Kier alpha value is -2.83. The Morgan fingerprint density at radius 3 is 2.57 bits per heavy atom. The highest BCUT2D eigenvalue weighted by atomic mass is 16.6. The fourth-order valence-electron chi connectivity index (χ4n) is 3.09. The molecule has 1 aliphatic rings. The number of para-hydroxylation sites is 1. The third kappa shape index (κ3) is 5.12. The number of aromatic nitrogens is 2. The highest BCUT2D eigenvalue weighted by molar-refractivity contribution is 5.70. The maximum Gasteiger partial charge on any atom is 0.410 e. The Morgan fingerprint density at radius 1 is 1.18 bits per heavy atom. The van der Waals surface area contributed by atoms with Crippen LogP contribution >= 0.6 is 0 Å². The van der Waals surface area contributed by atoms with E-state index in [1.165, 1.54) is 0 Å². The number of nitrogens with zero attached hydrogens (tertiary/aromatic N) is 3. The van der Waals surface area contributed by atoms with Crippen molar-refractivity contribution in [1.29, 1.82) is 0 Å². The second-order valence-electron chi connectivity index (χ2n) is 7.77. The summed E-state index contributed by atoms with van der Waals surface area (Å²) in [6.07, 6.45) is 2.85. The van der Waals surface area contributed by atoms with Crippen LogP contribution < -0.4 is 9.47 Å². The second-order valence-corrected chi connectivity index (χ2v) is 7.77. The lowest BCUT2D eigenvalue weighted by molar-refractivity contribution is 0.0122. The number of amides is 1. The number of carbonyl (C=O) groups excluding carboxylic acids is 1. The Kier molecular flexibility index (Phi) is 6.02. The first kappa shape index (κ1) is 19.9. The Balaban J connectivity index is 1.61. The third-order valence-electron chi connectivity index (χ3n) is 4.43. The first-order valence-electron chi connectivity index (χ1n) is 9.46. The van der Waals surface area contributed by atoms with Crippen molar-refractivity contribution in [1.82, 2.24) is 15.1 Å². The molecule has 0 aliphatic carbocycles. The standard InChI is InChI=1S/C21H27N3O4/c1-21(2,3)28-20(25)24-11-9-16(10-12-24)27-19-13-15(14-22-23-19)17-7-5-6-8-18(17)26-4/h5-8,13-14,16H,9-12H2,1-4H3. The fraction of sp³-hybridized carbons (Fsp3) is 0.476. The van der Waals surface area contributed by atoms with Gasteiger partial charge in [0.2, 0.25) is 5.88 Å². The number of ether oxygens (including phenoxy) is 3. The largest absolute Gasteiger partial charge is 0.496 e. The molecule has 7 heteroatoms. The van der Waals surface area contributed by atoms with Crippen molar-refractivity contribution in [2.75, 3.05) is 20.2 Å². The monoisotopic (exact) mass is 385 g/mol. The lowest BCUT2D eigenvalue weighted by Crippen LogP contribution is -2.44. The molecule has 1 fully saturated rings. The van der Waals surface area contributed by atoms with E-state index < -0.39 is 5.60 Å². The second kappa shape index (κ2) is 8.46. The van der Waals surface area contributed by atoms with Crippen LogP contribution in [0, 0.1) is 0 Å². The molecule has 0 radical (unpaired) electrons. The van der Waals surface area contributed by atoms with Gasteiger partial charge in [-0.1, -0.05) is 18.2 Å². The zero-order valence-corrected chi connectivity index (χ0v) is 16.8. The topological polar surface area (TPSA) is 73.8 Å². The maximum atomic E-state index is 12.2. The molecule has 150 valence electrons. The van der Waals surface area contributed by atoms with Crippen LogP contribution in [-0.4, -0.2) is 53.1 Å². The van der Waals surface area contributed by atoms with Crippen molar-refractivity contribution in [3.63, 3.8) is 0 Å². The number of carbonyl (C=O) groups is 1. The molecule has 0 atom stereocenters. The molecular weight excluding hydrogens is 358 g/mol. The number of hydrogen-bond acceptors (Lipinski definition) is 6. The molecule has 0 unspecified atom stereocenters. The van der Waals surface area contributed by atoms with Crippen molar-refractivity contribution in [2.45, 2.75) is 45.3 Å². The van der Waals surface area contributed by atoms with Gasteiger partial charge in [-0.15, -0.1) is 5.10 Å². The summed E-state index contributed by atoms with van der Waals surface area (Å²) in [5.74, 6) is 1.24. The molecule has 1 amide bonds. The average Bonchev–Trinajstić information content (AvgIpc) is 2.67. The van der Waals surface area contributed by atoms with Crippen LogP contribution in [0.3, 0.4) is 0 Å². The van der Waals surface area contributed by atoms with E-state index in [-0.39, 0.29) is 12.2 Å². The summed E-state index contributed by atoms with van der Waals surface area (Å²) in [5.41, 5.74) is 1.33. The molecule has 7 nitrogen and oxygen atoms in total. The van der Waals surface area contributed by atoms with Crippen LogP contribution in [0.2, 0.25) is 0 Å². The number of methoxy groups -OCH3 is 1. The minimum atomic E-state index is -0.487. The number of rotatable bonds is 4. The molecule has 0 saturated carbocycles. The van der Waals surface area contributed by atoms with E-state index in [9.17, 15) is 4.79 Å². The number of likely N-dealkylation sites (tertiary alicyclic amines) is 1. The van der Waals surface area contributed by atoms with Crippen molar-refractivity contribution >= 4 is 6.09 Å². The number of piperidine rings is 1. The normalized spacial score (nSPS) is 15.2. The van der Waals surface area contributed by atoms with Crippen LogP contribution in [-0.2, 0) is 4.74 Å². The minimum Gasteiger partial charge on any atom is -0.496 e. The lowest BCUT2D eigenvalue weighted by Gasteiger charge is -2.33. The number of hydrogen-bond donors (Lipinski definition) is 0. The molecule has 1 aliphatic heterocycles. The SMILES string of the molecule is COc1ccccc1-c1cnnc(OC2CCN(C(=O)OC(C)(C)C)CC2)c1. The molecule has 0 N–H and O–H groups in total. The van der Waals surface area contributed by atoms with Gasteiger partial charge in [0.25, 0.3) is 0 Å². The molecule has 0 spiro atoms. The number of benzene rings is 1. The first-order chi connectivity index (χ1) is 13.4. The molecule has 2 heterocycles. The summed E-state index contributed by atoms with van der Waals surface area (Å²) in [6, 6.07) is 9.62. The van der Waals surface area contributed by atoms with Gasteiger partial charge in [-0.3, -0.25) is 0 Å². The van der Waals surface area contributed by atoms with Crippen molar-refractivity contribution < 1.29 is 19.0 Å². The molecule has 0 bridgehead atoms. The molecule has 3 rings (SSSR count). The summed E-state index contributed by atoms with van der Waals surface area (Å²) in [4.78, 5) is 13.9. The van der Waals surface area contributed by atoms with E-state index in [2.05, 4.69) is 10.2 Å². The predicted octanol–water partition coefficient (Wildman–Crippen LogP) is 3.93. The van der Waals surface area contributed by atoms with Gasteiger partial charge in [-0.2, -0.15) is 5.10 Å². The van der Waals surface area contributed by atoms with Gasteiger partial charge in [0.15, 0.2) is 0 Å². The van der Waals surface area contributed by atoms with Gasteiger partial charge in [0.1, 0.15) is 17.5 Å². The van der Waals surface area contributed by atoms with E-state index in [0.29, 0.717) is 19.0 Å². The minimum absolute atomic E-state index is 0.0131. The van der Waals surface area contributed by atoms with E-state index in [0.717, 1.165) is 29.7 Å². The Bertz CT molecular complexity index is 811. The van der Waals surface area contributed by atoms with Crippen molar-refractivity contribution in [3.8, 4) is 22.8 Å². The summed E-state index contributed by atoms with van der Waals surface area (Å²) in [5, 5.41) is 8.17. The van der Waals surface area contributed by atoms with Crippen LogP contribution in [0.5, 0.6) is 11.6 Å². The zero-order valence-electron chi connectivity index (χ0n) is 16.8. The van der Waals surface area contributed by atoms with Crippen LogP contribution in [0.25, 0.3) is 11.1 Å². The van der Waals surface area contributed by atoms with E-state index in [1.54, 1.807) is 18.2 Å². The lowest BCUT2D eigenvalue weighted by atomic mass is 10.1. The maximum absolute atomic E-state index is 12.2. The third-order valence-corrected chi connectivity index (χ3v) is 4.43. The molecule has 1 aromatic heterocycles. The highest BCUT2D eigenvalue weighted by Crippen LogP contribution is 2.30. The molecule has 1 aromatic carbocycles. The summed E-state index contributed by atoms with van der Waals surface area (Å²) in [6.45, 7) is 6.80. The van der Waals surface area contributed by atoms with Gasteiger partial charge < -0.3 is 19.1 Å². The first-order valence-corrected chi connectivity index (χ1v) is 9.46. The summed E-state index contributed by atoms with van der Waals surface area (Å²) in [7, 11) is 1.64. The zero-order chi connectivity index (χ0) is 20.1. The van der Waals surface area contributed by atoms with Crippen LogP contribution in [0.4, 0.5) is 4.79 Å². The van der Waals surface area contributed by atoms with Crippen LogP contribution in [0.1, 0.15) is 33.6 Å². The molecule has 2 aromatic rings. The average molecular weight is 385 g/mol. The predicted molar refractivity (Wildman–Crippen MR) is 105 cm³/mol. The van der Waals surface area contributed by atoms with E-state index in [1.807, 2.05) is 51.1 Å². The molecular formula is C21H27N3O4. The van der Waals surface area contributed by atoms with E-state index >= 15 is 0 Å². The smallest absolute Gasteiger partial charge is 0.410 e. The van der Waals surface area contributed by atoms with Crippen LogP contribution in [0.15, 0.2) is 36.5 Å². The van der Waals surface area contributed by atoms with Gasteiger partial charge >= 0.3 is 6.09 Å². The van der Waals surface area contributed by atoms with Crippen molar-refractivity contribution in [2.24, 2.45) is 0 Å². The summed E-state index contributed by atoms with van der Waals surface area (Å²) >= 11 is 0. The molecule has 1 saturated heterocycles. The van der Waals surface area contributed by atoms with Gasteiger partial charge in [0, 0.05) is 43.1 Å². The van der Waals surface area contributed by atoms with Gasteiger partial charge in [-0.05, 0) is 26.8 Å². The van der Waals surface area contributed by atoms with Gasteiger partial charge in [-0.25, -0.2) is 4.79 Å². The Labute approximate surface area is 165 Å². The fourth-order valence-corrected chi connectivity index (χ4v) is 3.09.